The predicted molar refractivity (Wildman–Crippen MR) is 44.9 cm³/mol. The third-order valence-corrected chi connectivity index (χ3v) is 1.77. The van der Waals surface area contributed by atoms with Crippen LogP contribution in [0.3, 0.4) is 0 Å². The molecule has 0 saturated heterocycles. The largest absolute Gasteiger partial charge is 0.357 e. The molecule has 0 aromatic heterocycles. The number of rotatable bonds is 1. The molecule has 1 aliphatic rings. The second kappa shape index (κ2) is 2.66. The normalized spacial score (nSPS) is 28.5. The van der Waals surface area contributed by atoms with Crippen molar-refractivity contribution in [2.45, 2.75) is 12.5 Å². The van der Waals surface area contributed by atoms with Crippen LogP contribution in [0, 0.1) is 0 Å². The van der Waals surface area contributed by atoms with Gasteiger partial charge in [0.25, 0.3) is 5.91 Å². The van der Waals surface area contributed by atoms with E-state index in [1.807, 2.05) is 0 Å². The maximum absolute atomic E-state index is 11.2. The fourth-order valence-corrected chi connectivity index (χ4v) is 1.18. The Balaban J connectivity index is 2.87. The van der Waals surface area contributed by atoms with Gasteiger partial charge in [0.2, 0.25) is 0 Å². The Morgan fingerprint density at radius 2 is 2.45 bits per heavy atom. The van der Waals surface area contributed by atoms with Gasteiger partial charge in [-0.15, -0.1) is 0 Å². The standard InChI is InChI=1S/C7H9ClN2O/c1-7(6(11)9-2)3-5(8)4-10-7/h3-4H,1-2H3,(H,9,11). The van der Waals surface area contributed by atoms with Gasteiger partial charge in [0.1, 0.15) is 0 Å². The second-order valence-corrected chi connectivity index (χ2v) is 2.95. The van der Waals surface area contributed by atoms with Gasteiger partial charge in [-0.1, -0.05) is 11.6 Å². The summed E-state index contributed by atoms with van der Waals surface area (Å²) >= 11 is 5.63. The smallest absolute Gasteiger partial charge is 0.251 e. The number of likely N-dealkylation sites (N-methyl/N-ethyl adjacent to an activating group) is 1. The number of hydrogen-bond acceptors (Lipinski definition) is 2. The third kappa shape index (κ3) is 1.43. The summed E-state index contributed by atoms with van der Waals surface area (Å²) in [6.07, 6.45) is 3.10. The van der Waals surface area contributed by atoms with Gasteiger partial charge in [0.15, 0.2) is 5.54 Å². The number of nitrogens with one attached hydrogen (secondary N) is 1. The number of halogens is 1. The molecule has 0 aromatic rings. The van der Waals surface area contributed by atoms with Crippen LogP contribution in [-0.2, 0) is 4.79 Å². The summed E-state index contributed by atoms with van der Waals surface area (Å²) in [5.41, 5.74) is -0.800. The van der Waals surface area contributed by atoms with Gasteiger partial charge in [-0.3, -0.25) is 9.79 Å². The van der Waals surface area contributed by atoms with E-state index in [9.17, 15) is 4.79 Å². The molecule has 0 saturated carbocycles. The van der Waals surface area contributed by atoms with Crippen LogP contribution in [0.15, 0.2) is 16.1 Å². The third-order valence-electron chi connectivity index (χ3n) is 1.56. The van der Waals surface area contributed by atoms with Gasteiger partial charge in [-0.05, 0) is 13.0 Å². The van der Waals surface area contributed by atoms with E-state index in [1.54, 1.807) is 20.0 Å². The first-order valence-corrected chi connectivity index (χ1v) is 3.62. The van der Waals surface area contributed by atoms with Crippen LogP contribution in [0.4, 0.5) is 0 Å². The molecule has 1 atom stereocenters. The quantitative estimate of drug-likeness (QED) is 0.622. The molecule has 0 aromatic carbocycles. The summed E-state index contributed by atoms with van der Waals surface area (Å²) in [5.74, 6) is -0.149. The highest BCUT2D eigenvalue weighted by atomic mass is 35.5. The average Bonchev–Trinajstić information content (AvgIpc) is 2.31. The molecule has 1 amide bonds. The molecular formula is C7H9ClN2O. The number of hydrogen-bond donors (Lipinski definition) is 1. The Bertz CT molecular complexity index is 247. The summed E-state index contributed by atoms with van der Waals surface area (Å²) in [5, 5.41) is 3.02. The van der Waals surface area contributed by atoms with E-state index in [1.165, 1.54) is 6.21 Å². The van der Waals surface area contributed by atoms with Gasteiger partial charge in [-0.2, -0.15) is 0 Å². The first-order chi connectivity index (χ1) is 5.08. The maximum atomic E-state index is 11.2. The lowest BCUT2D eigenvalue weighted by Crippen LogP contribution is -2.38. The SMILES string of the molecule is CNC(=O)C1(C)C=C(Cl)C=N1. The summed E-state index contributed by atoms with van der Waals surface area (Å²) in [4.78, 5) is 15.1. The molecule has 1 rings (SSSR count). The highest BCUT2D eigenvalue weighted by Crippen LogP contribution is 2.21. The van der Waals surface area contributed by atoms with Crippen molar-refractivity contribution in [3.8, 4) is 0 Å². The Hall–Kier alpha value is -0.830. The molecule has 11 heavy (non-hydrogen) atoms. The van der Waals surface area contributed by atoms with Gasteiger partial charge in [0, 0.05) is 13.3 Å². The van der Waals surface area contributed by atoms with Crippen molar-refractivity contribution in [2.75, 3.05) is 7.05 Å². The Labute approximate surface area is 70.1 Å². The van der Waals surface area contributed by atoms with Gasteiger partial charge >= 0.3 is 0 Å². The molecule has 1 unspecified atom stereocenters. The minimum atomic E-state index is -0.800. The molecule has 0 spiro atoms. The molecule has 0 fully saturated rings. The van der Waals surface area contributed by atoms with Crippen LogP contribution >= 0.6 is 11.6 Å². The van der Waals surface area contributed by atoms with Crippen molar-refractivity contribution in [3.05, 3.63) is 11.1 Å². The predicted octanol–water partition coefficient (Wildman–Crippen LogP) is 0.698. The van der Waals surface area contributed by atoms with Crippen LogP contribution in [0.25, 0.3) is 0 Å². The van der Waals surface area contributed by atoms with E-state index < -0.39 is 5.54 Å². The number of aliphatic imine (C=N–C) groups is 1. The number of carbonyl (C=O) groups is 1. The molecule has 0 aliphatic carbocycles. The number of amides is 1. The van der Waals surface area contributed by atoms with Crippen LogP contribution in [0.2, 0.25) is 0 Å². The average molecular weight is 173 g/mol. The molecular weight excluding hydrogens is 164 g/mol. The first-order valence-electron chi connectivity index (χ1n) is 3.24. The molecule has 0 radical (unpaired) electrons. The van der Waals surface area contributed by atoms with Crippen LogP contribution in [-0.4, -0.2) is 24.7 Å². The molecule has 4 heteroatoms. The molecule has 1 N–H and O–H groups in total. The van der Waals surface area contributed by atoms with E-state index in [0.717, 1.165) is 0 Å². The zero-order chi connectivity index (χ0) is 8.48. The van der Waals surface area contributed by atoms with Crippen molar-refractivity contribution in [1.29, 1.82) is 0 Å². The van der Waals surface area contributed by atoms with E-state index in [4.69, 9.17) is 11.6 Å². The lowest BCUT2D eigenvalue weighted by molar-refractivity contribution is -0.123. The molecule has 60 valence electrons. The lowest BCUT2D eigenvalue weighted by atomic mass is 10.0. The summed E-state index contributed by atoms with van der Waals surface area (Å²) in [7, 11) is 1.57. The van der Waals surface area contributed by atoms with Gasteiger partial charge in [-0.25, -0.2) is 0 Å². The van der Waals surface area contributed by atoms with Crippen LogP contribution < -0.4 is 5.32 Å². The maximum Gasteiger partial charge on any atom is 0.251 e. The van der Waals surface area contributed by atoms with E-state index in [2.05, 4.69) is 10.3 Å². The topological polar surface area (TPSA) is 41.5 Å². The molecule has 0 bridgehead atoms. The van der Waals surface area contributed by atoms with E-state index in [-0.39, 0.29) is 5.91 Å². The van der Waals surface area contributed by atoms with Crippen molar-refractivity contribution in [3.63, 3.8) is 0 Å². The highest BCUT2D eigenvalue weighted by molar-refractivity contribution is 6.40. The van der Waals surface area contributed by atoms with Gasteiger partial charge in [0.05, 0.1) is 5.03 Å². The number of nitrogens with zero attached hydrogens (tertiary/aromatic N) is 1. The first kappa shape index (κ1) is 8.27. The number of allylic oxidation sites excluding steroid dienone is 1. The fraction of sp³-hybridized carbons (Fsp3) is 0.429. The van der Waals surface area contributed by atoms with Crippen LogP contribution in [0.1, 0.15) is 6.92 Å². The van der Waals surface area contributed by atoms with Crippen molar-refractivity contribution in [1.82, 2.24) is 5.32 Å². The Morgan fingerprint density at radius 3 is 2.82 bits per heavy atom. The van der Waals surface area contributed by atoms with Crippen molar-refractivity contribution < 1.29 is 4.79 Å². The molecule has 1 heterocycles. The minimum absolute atomic E-state index is 0.149. The Kier molecular flexibility index (Phi) is 2.00. The zero-order valence-electron chi connectivity index (χ0n) is 6.39. The molecule has 3 nitrogen and oxygen atoms in total. The van der Waals surface area contributed by atoms with Crippen LogP contribution in [0.5, 0.6) is 0 Å². The zero-order valence-corrected chi connectivity index (χ0v) is 7.14. The van der Waals surface area contributed by atoms with Crippen molar-refractivity contribution >= 4 is 23.7 Å². The number of carbonyl (C=O) groups excluding carboxylic acids is 1. The molecule has 1 aliphatic heterocycles. The van der Waals surface area contributed by atoms with Gasteiger partial charge < -0.3 is 5.32 Å². The lowest BCUT2D eigenvalue weighted by Gasteiger charge is -2.14. The fourth-order valence-electron chi connectivity index (χ4n) is 0.916. The summed E-state index contributed by atoms with van der Waals surface area (Å²) < 4.78 is 0. The summed E-state index contributed by atoms with van der Waals surface area (Å²) in [6.45, 7) is 1.71. The van der Waals surface area contributed by atoms with E-state index >= 15 is 0 Å². The Morgan fingerprint density at radius 1 is 1.82 bits per heavy atom. The highest BCUT2D eigenvalue weighted by Gasteiger charge is 2.31. The van der Waals surface area contributed by atoms with Crippen molar-refractivity contribution in [2.24, 2.45) is 4.99 Å². The summed E-state index contributed by atoms with van der Waals surface area (Å²) in [6, 6.07) is 0. The second-order valence-electron chi connectivity index (χ2n) is 2.51. The monoisotopic (exact) mass is 172 g/mol. The van der Waals surface area contributed by atoms with E-state index in [0.29, 0.717) is 5.03 Å². The minimum Gasteiger partial charge on any atom is -0.357 e.